The van der Waals surface area contributed by atoms with Gasteiger partial charge in [0.2, 0.25) is 5.91 Å². The molecule has 5 heteroatoms. The molecule has 0 saturated heterocycles. The quantitative estimate of drug-likeness (QED) is 0.903. The lowest BCUT2D eigenvalue weighted by Gasteiger charge is -2.35. The van der Waals surface area contributed by atoms with Gasteiger partial charge in [-0.05, 0) is 30.4 Å². The zero-order chi connectivity index (χ0) is 15.7. The zero-order valence-corrected chi connectivity index (χ0v) is 12.7. The maximum absolute atomic E-state index is 12.8. The van der Waals surface area contributed by atoms with E-state index in [1.54, 1.807) is 12.0 Å². The van der Waals surface area contributed by atoms with E-state index in [0.29, 0.717) is 13.2 Å². The zero-order valence-electron chi connectivity index (χ0n) is 12.7. The van der Waals surface area contributed by atoms with Gasteiger partial charge in [0, 0.05) is 26.8 Å². The minimum atomic E-state index is -0.869. The minimum Gasteiger partial charge on any atom is -0.481 e. The molecule has 2 aliphatic rings. The Kier molecular flexibility index (Phi) is 3.91. The molecule has 1 amide bonds. The molecule has 1 saturated carbocycles. The van der Waals surface area contributed by atoms with Crippen molar-refractivity contribution in [1.29, 1.82) is 0 Å². The largest absolute Gasteiger partial charge is 0.481 e. The molecule has 1 aliphatic carbocycles. The summed E-state index contributed by atoms with van der Waals surface area (Å²) in [6.07, 6.45) is 2.48. The lowest BCUT2D eigenvalue weighted by Crippen LogP contribution is -2.44. The van der Waals surface area contributed by atoms with Crippen molar-refractivity contribution in [3.63, 3.8) is 0 Å². The van der Waals surface area contributed by atoms with Crippen molar-refractivity contribution in [3.05, 3.63) is 35.4 Å². The van der Waals surface area contributed by atoms with Gasteiger partial charge in [0.05, 0.1) is 11.3 Å². The summed E-state index contributed by atoms with van der Waals surface area (Å²) in [6, 6.07) is 7.52. The van der Waals surface area contributed by atoms with E-state index in [1.165, 1.54) is 0 Å². The highest BCUT2D eigenvalue weighted by atomic mass is 16.5. The summed E-state index contributed by atoms with van der Waals surface area (Å²) in [7, 11) is 1.64. The Hall–Kier alpha value is -1.88. The molecule has 1 unspecified atom stereocenters. The first kappa shape index (κ1) is 15.0. The van der Waals surface area contributed by atoms with Crippen molar-refractivity contribution >= 4 is 11.9 Å². The predicted octanol–water partition coefficient (Wildman–Crippen LogP) is 2.01. The minimum absolute atomic E-state index is 0.0882. The van der Waals surface area contributed by atoms with Gasteiger partial charge in [0.25, 0.3) is 0 Å². The Labute approximate surface area is 129 Å². The van der Waals surface area contributed by atoms with Crippen LogP contribution in [-0.4, -0.2) is 42.1 Å². The molecule has 1 aliphatic heterocycles. The van der Waals surface area contributed by atoms with E-state index >= 15 is 0 Å². The third-order valence-electron chi connectivity index (χ3n) is 4.87. The molecule has 3 rings (SSSR count). The number of fused-ring (bicyclic) bond motifs is 1. The number of nitrogens with zero attached hydrogens (tertiary/aromatic N) is 1. The number of rotatable bonds is 5. The number of carboxylic acids is 1. The van der Waals surface area contributed by atoms with Crippen LogP contribution in [0.25, 0.3) is 0 Å². The number of amides is 1. The highest BCUT2D eigenvalue weighted by Crippen LogP contribution is 2.51. The summed E-state index contributed by atoms with van der Waals surface area (Å²) in [4.78, 5) is 26.1. The van der Waals surface area contributed by atoms with Crippen LogP contribution in [0.15, 0.2) is 24.3 Å². The Bertz CT molecular complexity index is 594. The predicted molar refractivity (Wildman–Crippen MR) is 80.4 cm³/mol. The summed E-state index contributed by atoms with van der Waals surface area (Å²) in [5.41, 5.74) is 1.46. The van der Waals surface area contributed by atoms with Crippen LogP contribution in [0.4, 0.5) is 0 Å². The van der Waals surface area contributed by atoms with Gasteiger partial charge in [-0.3, -0.25) is 9.59 Å². The first-order chi connectivity index (χ1) is 10.6. The molecule has 0 bridgehead atoms. The van der Waals surface area contributed by atoms with Gasteiger partial charge in [-0.1, -0.05) is 24.3 Å². The molecule has 1 heterocycles. The van der Waals surface area contributed by atoms with Crippen LogP contribution in [-0.2, 0) is 20.9 Å². The highest BCUT2D eigenvalue weighted by molar-refractivity contribution is 5.87. The number of ether oxygens (including phenoxy) is 1. The molecule has 0 spiro atoms. The second kappa shape index (κ2) is 5.72. The molecule has 22 heavy (non-hydrogen) atoms. The number of carbonyl (C=O) groups is 2. The van der Waals surface area contributed by atoms with Gasteiger partial charge in [-0.25, -0.2) is 0 Å². The number of carboxylic acid groups (broad SMARTS) is 1. The van der Waals surface area contributed by atoms with Crippen molar-refractivity contribution in [2.75, 3.05) is 20.3 Å². The van der Waals surface area contributed by atoms with Crippen LogP contribution < -0.4 is 0 Å². The molecule has 5 nitrogen and oxygen atoms in total. The number of benzene rings is 1. The Morgan fingerprint density at radius 1 is 1.36 bits per heavy atom. The first-order valence-corrected chi connectivity index (χ1v) is 7.66. The lowest BCUT2D eigenvalue weighted by molar-refractivity contribution is -0.143. The standard InChI is InChI=1S/C17H21NO4/c1-22-9-8-17(6-7-17)16(21)18-10-12-4-2-3-5-13(12)14(11-18)15(19)20/h2-5,14H,6-11H2,1H3,(H,19,20). The van der Waals surface area contributed by atoms with Crippen LogP contribution in [0.3, 0.4) is 0 Å². The maximum Gasteiger partial charge on any atom is 0.312 e. The first-order valence-electron chi connectivity index (χ1n) is 7.66. The molecule has 1 aromatic carbocycles. The van der Waals surface area contributed by atoms with E-state index in [0.717, 1.165) is 30.4 Å². The van der Waals surface area contributed by atoms with Crippen molar-refractivity contribution in [2.24, 2.45) is 5.41 Å². The number of hydrogen-bond acceptors (Lipinski definition) is 3. The second-order valence-corrected chi connectivity index (χ2v) is 6.30. The van der Waals surface area contributed by atoms with Gasteiger partial charge in [0.15, 0.2) is 0 Å². The normalized spacial score (nSPS) is 22.0. The molecule has 1 N–H and O–H groups in total. The second-order valence-electron chi connectivity index (χ2n) is 6.30. The van der Waals surface area contributed by atoms with E-state index in [4.69, 9.17) is 4.74 Å². The van der Waals surface area contributed by atoms with E-state index < -0.39 is 11.9 Å². The highest BCUT2D eigenvalue weighted by Gasteiger charge is 2.52. The number of methoxy groups -OCH3 is 1. The van der Waals surface area contributed by atoms with Crippen LogP contribution in [0.2, 0.25) is 0 Å². The van der Waals surface area contributed by atoms with Gasteiger partial charge < -0.3 is 14.7 Å². The van der Waals surface area contributed by atoms with Crippen LogP contribution in [0, 0.1) is 5.41 Å². The molecule has 1 fully saturated rings. The summed E-state index contributed by atoms with van der Waals surface area (Å²) in [6.45, 7) is 1.34. The van der Waals surface area contributed by atoms with E-state index in [-0.39, 0.29) is 17.9 Å². The van der Waals surface area contributed by atoms with Crippen molar-refractivity contribution in [1.82, 2.24) is 4.90 Å². The number of hydrogen-bond donors (Lipinski definition) is 1. The summed E-state index contributed by atoms with van der Waals surface area (Å²) >= 11 is 0. The SMILES string of the molecule is COCCC1(C(=O)N2Cc3ccccc3C(C(=O)O)C2)CC1. The Morgan fingerprint density at radius 3 is 2.73 bits per heavy atom. The maximum atomic E-state index is 12.8. The topological polar surface area (TPSA) is 66.8 Å². The molecule has 0 radical (unpaired) electrons. The van der Waals surface area contributed by atoms with Gasteiger partial charge in [-0.2, -0.15) is 0 Å². The summed E-state index contributed by atoms with van der Waals surface area (Å²) < 4.78 is 5.11. The van der Waals surface area contributed by atoms with E-state index in [1.807, 2.05) is 24.3 Å². The van der Waals surface area contributed by atoms with E-state index in [2.05, 4.69) is 0 Å². The molecule has 118 valence electrons. The monoisotopic (exact) mass is 303 g/mol. The van der Waals surface area contributed by atoms with Crippen molar-refractivity contribution in [3.8, 4) is 0 Å². The van der Waals surface area contributed by atoms with Crippen LogP contribution in [0.5, 0.6) is 0 Å². The number of carbonyl (C=O) groups excluding carboxylic acids is 1. The Balaban J connectivity index is 1.82. The van der Waals surface area contributed by atoms with E-state index in [9.17, 15) is 14.7 Å². The van der Waals surface area contributed by atoms with Crippen molar-refractivity contribution in [2.45, 2.75) is 31.7 Å². The van der Waals surface area contributed by atoms with Crippen molar-refractivity contribution < 1.29 is 19.4 Å². The van der Waals surface area contributed by atoms with Gasteiger partial charge >= 0.3 is 5.97 Å². The van der Waals surface area contributed by atoms with Crippen LogP contribution >= 0.6 is 0 Å². The van der Waals surface area contributed by atoms with Gasteiger partial charge in [0.1, 0.15) is 0 Å². The molecular formula is C17H21NO4. The summed E-state index contributed by atoms with van der Waals surface area (Å²) in [5.74, 6) is -1.41. The number of aliphatic carboxylic acids is 1. The fraction of sp³-hybridized carbons (Fsp3) is 0.529. The third kappa shape index (κ3) is 2.61. The lowest BCUT2D eigenvalue weighted by atomic mass is 9.88. The van der Waals surface area contributed by atoms with Gasteiger partial charge in [-0.15, -0.1) is 0 Å². The molecule has 1 aromatic rings. The fourth-order valence-electron chi connectivity index (χ4n) is 3.33. The molecule has 0 aromatic heterocycles. The fourth-order valence-corrected chi connectivity index (χ4v) is 3.33. The molecular weight excluding hydrogens is 282 g/mol. The smallest absolute Gasteiger partial charge is 0.312 e. The summed E-state index contributed by atoms with van der Waals surface area (Å²) in [5, 5.41) is 9.49. The average Bonchev–Trinajstić information content (AvgIpc) is 3.32. The molecule has 1 atom stereocenters. The average molecular weight is 303 g/mol. The third-order valence-corrected chi connectivity index (χ3v) is 4.87. The van der Waals surface area contributed by atoms with Crippen LogP contribution in [0.1, 0.15) is 36.3 Å². The Morgan fingerprint density at radius 2 is 2.09 bits per heavy atom.